The van der Waals surface area contributed by atoms with Crippen LogP contribution in [0.4, 0.5) is 23.1 Å². The van der Waals surface area contributed by atoms with Crippen LogP contribution in [-0.2, 0) is 19.2 Å². The van der Waals surface area contributed by atoms with Crippen LogP contribution >= 0.6 is 0 Å². The highest BCUT2D eigenvalue weighted by molar-refractivity contribution is 6.04. The van der Waals surface area contributed by atoms with E-state index in [9.17, 15) is 24.0 Å². The number of rotatable bonds is 5. The zero-order valence-corrected chi connectivity index (χ0v) is 18.5. The average molecular weight is 467 g/mol. The van der Waals surface area contributed by atoms with Crippen LogP contribution in [0.1, 0.15) is 37.7 Å². The van der Waals surface area contributed by atoms with Crippen LogP contribution in [-0.4, -0.2) is 46.7 Å². The Bertz CT molecular complexity index is 1200. The number of nitrogens with two attached hydrogens (primary N) is 1. The summed E-state index contributed by atoms with van der Waals surface area (Å²) in [5, 5.41) is 7.93. The van der Waals surface area contributed by atoms with Gasteiger partial charge < -0.3 is 26.6 Å². The summed E-state index contributed by atoms with van der Waals surface area (Å²) in [5.41, 5.74) is 5.96. The first-order chi connectivity index (χ1) is 16.2. The van der Waals surface area contributed by atoms with Crippen molar-refractivity contribution in [3.63, 3.8) is 0 Å². The maximum atomic E-state index is 13.0. The zero-order chi connectivity index (χ0) is 24.4. The number of hydrogen-bond acceptors (Lipinski definition) is 7. The van der Waals surface area contributed by atoms with E-state index < -0.39 is 23.3 Å². The van der Waals surface area contributed by atoms with Crippen LogP contribution in [0, 0.1) is 5.92 Å². The molecule has 3 heterocycles. The third-order valence-electron chi connectivity index (χ3n) is 5.92. The first-order valence-corrected chi connectivity index (χ1v) is 10.9. The van der Waals surface area contributed by atoms with Gasteiger partial charge in [-0.2, -0.15) is 4.98 Å². The van der Waals surface area contributed by atoms with Gasteiger partial charge in [0.05, 0.1) is 11.5 Å². The molecule has 2 aliphatic rings. The van der Waals surface area contributed by atoms with Crippen LogP contribution in [0.5, 0.6) is 0 Å². The van der Waals surface area contributed by atoms with Crippen molar-refractivity contribution in [2.75, 3.05) is 33.9 Å². The molecule has 12 nitrogen and oxygen atoms in total. The third kappa shape index (κ3) is 4.90. The van der Waals surface area contributed by atoms with Gasteiger partial charge in [-0.05, 0) is 37.1 Å². The average Bonchev–Trinajstić information content (AvgIpc) is 2.79. The second-order valence-electron chi connectivity index (χ2n) is 8.37. The van der Waals surface area contributed by atoms with E-state index in [0.717, 1.165) is 0 Å². The minimum atomic E-state index is -1.02. The minimum absolute atomic E-state index is 0.0492. The van der Waals surface area contributed by atoms with Gasteiger partial charge in [0.1, 0.15) is 5.82 Å². The highest BCUT2D eigenvalue weighted by atomic mass is 16.2. The summed E-state index contributed by atoms with van der Waals surface area (Å²) in [7, 11) is 0. The van der Waals surface area contributed by atoms with Gasteiger partial charge >= 0.3 is 0 Å². The van der Waals surface area contributed by atoms with Gasteiger partial charge in [-0.25, -0.2) is 0 Å². The van der Waals surface area contributed by atoms with E-state index in [0.29, 0.717) is 37.3 Å². The molecule has 0 spiro atoms. The van der Waals surface area contributed by atoms with E-state index >= 15 is 0 Å². The van der Waals surface area contributed by atoms with Crippen LogP contribution in [0.3, 0.4) is 0 Å². The fourth-order valence-corrected chi connectivity index (χ4v) is 4.18. The van der Waals surface area contributed by atoms with Gasteiger partial charge in [-0.15, -0.1) is 0 Å². The van der Waals surface area contributed by atoms with Crippen LogP contribution in [0.15, 0.2) is 29.1 Å². The Morgan fingerprint density at radius 2 is 1.68 bits per heavy atom. The van der Waals surface area contributed by atoms with Crippen molar-refractivity contribution in [2.24, 2.45) is 11.7 Å². The predicted molar refractivity (Wildman–Crippen MR) is 124 cm³/mol. The topological polar surface area (TPSA) is 179 Å². The molecule has 0 bridgehead atoms. The number of anilines is 4. The number of fused-ring (bicyclic) bond motifs is 1. The molecule has 2 aromatic rings. The number of carbonyl (C=O) groups excluding carboxylic acids is 4. The molecule has 6 N–H and O–H groups in total. The van der Waals surface area contributed by atoms with Crippen molar-refractivity contribution in [1.82, 2.24) is 9.97 Å². The highest BCUT2D eigenvalue weighted by Crippen LogP contribution is 2.31. The molecule has 4 rings (SSSR count). The molecular weight excluding hydrogens is 442 g/mol. The molecule has 1 aromatic carbocycles. The summed E-state index contributed by atoms with van der Waals surface area (Å²) < 4.78 is 0. The van der Waals surface area contributed by atoms with Crippen LogP contribution in [0.2, 0.25) is 0 Å². The molecule has 0 saturated carbocycles. The molecule has 2 aliphatic heterocycles. The number of aromatic amines is 1. The number of benzene rings is 1. The minimum Gasteiger partial charge on any atom is -0.369 e. The van der Waals surface area contributed by atoms with Crippen molar-refractivity contribution in [3.05, 3.63) is 40.2 Å². The quantitative estimate of drug-likeness (QED) is 0.424. The summed E-state index contributed by atoms with van der Waals surface area (Å²) in [6.45, 7) is 2.34. The van der Waals surface area contributed by atoms with Gasteiger partial charge in [-0.1, -0.05) is 0 Å². The first-order valence-electron chi connectivity index (χ1n) is 10.9. The molecule has 1 atom stereocenters. The molecule has 1 aromatic heterocycles. The lowest BCUT2D eigenvalue weighted by Crippen LogP contribution is -2.41. The maximum Gasteiger partial charge on any atom is 0.258 e. The Balaban J connectivity index is 1.53. The summed E-state index contributed by atoms with van der Waals surface area (Å²) in [5.74, 6) is -2.45. The number of nitrogens with one attached hydrogen (secondary N) is 4. The van der Waals surface area contributed by atoms with E-state index in [2.05, 4.69) is 25.9 Å². The lowest BCUT2D eigenvalue weighted by molar-refractivity contribution is -0.123. The molecule has 1 saturated heterocycles. The monoisotopic (exact) mass is 467 g/mol. The number of amides is 4. The summed E-state index contributed by atoms with van der Waals surface area (Å²) in [4.78, 5) is 69.7. The van der Waals surface area contributed by atoms with Gasteiger partial charge in [0.25, 0.3) is 5.56 Å². The second kappa shape index (κ2) is 9.33. The Hall–Kier alpha value is -4.22. The summed E-state index contributed by atoms with van der Waals surface area (Å²) in [6.07, 6.45) is 0.874. The Kier molecular flexibility index (Phi) is 6.30. The molecule has 0 aliphatic carbocycles. The number of primary amides is 1. The smallest absolute Gasteiger partial charge is 0.258 e. The highest BCUT2D eigenvalue weighted by Gasteiger charge is 2.35. The molecule has 34 heavy (non-hydrogen) atoms. The number of piperidine rings is 1. The van der Waals surface area contributed by atoms with Gasteiger partial charge in [0, 0.05) is 43.7 Å². The Morgan fingerprint density at radius 1 is 1.06 bits per heavy atom. The van der Waals surface area contributed by atoms with Crippen molar-refractivity contribution < 1.29 is 19.2 Å². The van der Waals surface area contributed by atoms with Crippen LogP contribution in [0.25, 0.3) is 0 Å². The lowest BCUT2D eigenvalue weighted by Gasteiger charge is -2.32. The van der Waals surface area contributed by atoms with E-state index in [-0.39, 0.29) is 41.5 Å². The third-order valence-corrected chi connectivity index (χ3v) is 5.92. The van der Waals surface area contributed by atoms with E-state index in [4.69, 9.17) is 5.73 Å². The van der Waals surface area contributed by atoms with Crippen molar-refractivity contribution in [3.8, 4) is 0 Å². The second-order valence-corrected chi connectivity index (χ2v) is 8.37. The SMILES string of the molecule is CC(=O)Nc1ccc(NC(=O)C2CC(=O)Nc3nc(N4CCC(C(N)=O)CC4)[nH]c(=O)c32)cc1. The molecule has 0 radical (unpaired) electrons. The summed E-state index contributed by atoms with van der Waals surface area (Å²) in [6, 6.07) is 6.46. The predicted octanol–water partition coefficient (Wildman–Crippen LogP) is 0.495. The molecule has 1 fully saturated rings. The number of carbonyl (C=O) groups is 4. The van der Waals surface area contributed by atoms with Gasteiger partial charge in [0.2, 0.25) is 29.6 Å². The maximum absolute atomic E-state index is 13.0. The molecular formula is C22H25N7O5. The van der Waals surface area contributed by atoms with Crippen LogP contribution < -0.4 is 32.1 Å². The molecule has 12 heteroatoms. The molecule has 4 amide bonds. The van der Waals surface area contributed by atoms with Crippen molar-refractivity contribution in [2.45, 2.75) is 32.1 Å². The normalized spacial score (nSPS) is 18.0. The number of nitrogens with zero attached hydrogens (tertiary/aromatic N) is 2. The van der Waals surface area contributed by atoms with E-state index in [1.54, 1.807) is 24.3 Å². The van der Waals surface area contributed by atoms with Gasteiger partial charge in [-0.3, -0.25) is 29.0 Å². The van der Waals surface area contributed by atoms with Crippen molar-refractivity contribution >= 4 is 46.8 Å². The standard InChI is InChI=1S/C22H25N7O5/c1-11(30)24-13-2-4-14(5-3-13)25-20(33)15-10-16(31)26-19-17(15)21(34)28-22(27-19)29-8-6-12(7-9-29)18(23)32/h2-5,12,15H,6-10H2,1H3,(H2,23,32)(H,24,30)(H,25,33)(H2,26,27,28,31,34). The van der Waals surface area contributed by atoms with E-state index in [1.165, 1.54) is 6.92 Å². The Labute approximate surface area is 194 Å². The molecule has 1 unspecified atom stereocenters. The Morgan fingerprint density at radius 3 is 2.26 bits per heavy atom. The fourth-order valence-electron chi connectivity index (χ4n) is 4.18. The summed E-state index contributed by atoms with van der Waals surface area (Å²) >= 11 is 0. The van der Waals surface area contributed by atoms with Crippen molar-refractivity contribution in [1.29, 1.82) is 0 Å². The lowest BCUT2D eigenvalue weighted by atomic mass is 9.92. The van der Waals surface area contributed by atoms with Gasteiger partial charge in [0.15, 0.2) is 0 Å². The zero-order valence-electron chi connectivity index (χ0n) is 18.5. The number of H-pyrrole nitrogens is 1. The largest absolute Gasteiger partial charge is 0.369 e. The first kappa shape index (κ1) is 23.0. The molecule has 178 valence electrons. The number of aromatic nitrogens is 2. The fraction of sp³-hybridized carbons (Fsp3) is 0.364. The number of hydrogen-bond donors (Lipinski definition) is 5. The van der Waals surface area contributed by atoms with E-state index in [1.807, 2.05) is 4.90 Å².